The molecule has 6 nitrogen and oxygen atoms in total. The summed E-state index contributed by atoms with van der Waals surface area (Å²) in [4.78, 5) is 0. The van der Waals surface area contributed by atoms with Crippen molar-refractivity contribution in [2.24, 2.45) is 5.73 Å². The first-order chi connectivity index (χ1) is 8.07. The van der Waals surface area contributed by atoms with Gasteiger partial charge in [-0.25, -0.2) is 0 Å². The zero-order chi connectivity index (χ0) is 12.8. The number of rotatable bonds is 6. The van der Waals surface area contributed by atoms with Crippen LogP contribution in [0, 0.1) is 19.3 Å². The van der Waals surface area contributed by atoms with E-state index in [0.29, 0.717) is 24.7 Å². The maximum absolute atomic E-state index is 7.54. The van der Waals surface area contributed by atoms with E-state index in [4.69, 9.17) is 20.6 Å². The molecular weight excluding hydrogens is 220 g/mol. The summed E-state index contributed by atoms with van der Waals surface area (Å²) in [5.74, 6) is 0.263. The summed E-state index contributed by atoms with van der Waals surface area (Å²) >= 11 is 0. The van der Waals surface area contributed by atoms with E-state index in [1.165, 1.54) is 0 Å². The lowest BCUT2D eigenvalue weighted by molar-refractivity contribution is 0.170. The fourth-order valence-corrected chi connectivity index (χ4v) is 1.38. The summed E-state index contributed by atoms with van der Waals surface area (Å²) in [6, 6.07) is 0. The lowest BCUT2D eigenvalue weighted by Gasteiger charge is -2.12. The summed E-state index contributed by atoms with van der Waals surface area (Å²) < 4.78 is 10.4. The van der Waals surface area contributed by atoms with Gasteiger partial charge in [0.1, 0.15) is 5.84 Å². The molecule has 1 heterocycles. The van der Waals surface area contributed by atoms with Crippen LogP contribution in [0.5, 0.6) is 5.88 Å². The minimum Gasteiger partial charge on any atom is -0.476 e. The van der Waals surface area contributed by atoms with E-state index < -0.39 is 0 Å². The number of nitrogens with one attached hydrogen (secondary N) is 1. The van der Waals surface area contributed by atoms with Crippen LogP contribution < -0.4 is 10.5 Å². The number of aromatic nitrogens is 2. The first-order valence-electron chi connectivity index (χ1n) is 5.38. The zero-order valence-corrected chi connectivity index (χ0v) is 10.4. The molecule has 0 aliphatic rings. The highest BCUT2D eigenvalue weighted by molar-refractivity contribution is 5.98. The number of methoxy groups -OCH3 is 1. The number of hydrogen-bond acceptors (Lipinski definition) is 5. The average Bonchev–Trinajstić information content (AvgIpc) is 2.28. The predicted octanol–water partition coefficient (Wildman–Crippen LogP) is 0.793. The van der Waals surface area contributed by atoms with Gasteiger partial charge in [-0.1, -0.05) is 0 Å². The quantitative estimate of drug-likeness (QED) is 0.434. The van der Waals surface area contributed by atoms with Gasteiger partial charge in [0.2, 0.25) is 5.88 Å². The van der Waals surface area contributed by atoms with Crippen molar-refractivity contribution >= 4 is 5.84 Å². The zero-order valence-electron chi connectivity index (χ0n) is 10.4. The third kappa shape index (κ3) is 3.39. The van der Waals surface area contributed by atoms with Gasteiger partial charge in [-0.3, -0.25) is 5.41 Å². The monoisotopic (exact) mass is 238 g/mol. The summed E-state index contributed by atoms with van der Waals surface area (Å²) in [6.45, 7) is 4.76. The van der Waals surface area contributed by atoms with Crippen LogP contribution in [0.15, 0.2) is 0 Å². The topological polar surface area (TPSA) is 94.1 Å². The second-order valence-electron chi connectivity index (χ2n) is 3.70. The normalized spacial score (nSPS) is 10.3. The summed E-state index contributed by atoms with van der Waals surface area (Å²) in [5, 5.41) is 15.4. The standard InChI is InChI=1S/C11H18N4O2/c1-7-8(2)14-15-11(9(7)10(12)13)17-6-4-5-16-3/h4-6H2,1-3H3,(H3,12,13). The molecule has 94 valence electrons. The Balaban J connectivity index is 2.84. The van der Waals surface area contributed by atoms with Crippen LogP contribution in [0.1, 0.15) is 23.2 Å². The maximum Gasteiger partial charge on any atom is 0.244 e. The van der Waals surface area contributed by atoms with E-state index in [9.17, 15) is 0 Å². The largest absolute Gasteiger partial charge is 0.476 e. The van der Waals surface area contributed by atoms with Gasteiger partial charge in [0.15, 0.2) is 0 Å². The van der Waals surface area contributed by atoms with Crippen molar-refractivity contribution in [1.29, 1.82) is 5.41 Å². The Morgan fingerprint density at radius 2 is 2.00 bits per heavy atom. The van der Waals surface area contributed by atoms with Crippen LogP contribution in [0.2, 0.25) is 0 Å². The van der Waals surface area contributed by atoms with E-state index in [0.717, 1.165) is 17.7 Å². The Labute approximate surface area is 101 Å². The molecule has 3 N–H and O–H groups in total. The highest BCUT2D eigenvalue weighted by atomic mass is 16.5. The van der Waals surface area contributed by atoms with E-state index in [1.54, 1.807) is 7.11 Å². The minimum absolute atomic E-state index is 0.0535. The summed E-state index contributed by atoms with van der Waals surface area (Å²) in [5.41, 5.74) is 7.63. The van der Waals surface area contributed by atoms with Gasteiger partial charge in [-0.05, 0) is 19.4 Å². The SMILES string of the molecule is COCCCOc1nnc(C)c(C)c1C(=N)N. The van der Waals surface area contributed by atoms with E-state index >= 15 is 0 Å². The predicted molar refractivity (Wildman–Crippen MR) is 64.5 cm³/mol. The number of hydrogen-bond donors (Lipinski definition) is 2. The van der Waals surface area contributed by atoms with Crippen molar-refractivity contribution in [2.75, 3.05) is 20.3 Å². The number of aryl methyl sites for hydroxylation is 1. The van der Waals surface area contributed by atoms with E-state index in [2.05, 4.69) is 10.2 Å². The first-order valence-corrected chi connectivity index (χ1v) is 5.38. The molecule has 0 amide bonds. The molecule has 0 aliphatic carbocycles. The smallest absolute Gasteiger partial charge is 0.244 e. The number of nitrogens with zero attached hydrogens (tertiary/aromatic N) is 2. The van der Waals surface area contributed by atoms with Gasteiger partial charge in [0.25, 0.3) is 0 Å². The van der Waals surface area contributed by atoms with Gasteiger partial charge < -0.3 is 15.2 Å². The molecule has 0 unspecified atom stereocenters. The second kappa shape index (κ2) is 6.15. The first kappa shape index (κ1) is 13.4. The molecule has 0 saturated carbocycles. The Hall–Kier alpha value is -1.69. The van der Waals surface area contributed by atoms with Gasteiger partial charge in [-0.15, -0.1) is 5.10 Å². The number of nitrogen functional groups attached to an aromatic ring is 1. The summed E-state index contributed by atoms with van der Waals surface area (Å²) in [6.07, 6.45) is 0.752. The van der Waals surface area contributed by atoms with Gasteiger partial charge >= 0.3 is 0 Å². The molecule has 0 saturated heterocycles. The fraction of sp³-hybridized carbons (Fsp3) is 0.545. The molecule has 0 atom stereocenters. The van der Waals surface area contributed by atoms with Crippen LogP contribution in [0.3, 0.4) is 0 Å². The fourth-order valence-electron chi connectivity index (χ4n) is 1.38. The molecule has 1 aromatic rings. The van der Waals surface area contributed by atoms with E-state index in [-0.39, 0.29) is 5.84 Å². The number of nitrogens with two attached hydrogens (primary N) is 1. The van der Waals surface area contributed by atoms with Gasteiger partial charge in [0.05, 0.1) is 17.9 Å². The Morgan fingerprint density at radius 1 is 1.29 bits per heavy atom. The van der Waals surface area contributed by atoms with Crippen molar-refractivity contribution in [2.45, 2.75) is 20.3 Å². The molecule has 0 aromatic carbocycles. The second-order valence-corrected chi connectivity index (χ2v) is 3.70. The van der Waals surface area contributed by atoms with Crippen molar-refractivity contribution in [1.82, 2.24) is 10.2 Å². The molecule has 0 radical (unpaired) electrons. The molecular formula is C11H18N4O2. The number of ether oxygens (including phenoxy) is 2. The molecule has 1 aromatic heterocycles. The van der Waals surface area contributed by atoms with Crippen LogP contribution >= 0.6 is 0 Å². The molecule has 0 bridgehead atoms. The van der Waals surface area contributed by atoms with Crippen molar-refractivity contribution < 1.29 is 9.47 Å². The molecule has 0 aliphatic heterocycles. The maximum atomic E-state index is 7.54. The van der Waals surface area contributed by atoms with Crippen molar-refractivity contribution in [3.8, 4) is 5.88 Å². The average molecular weight is 238 g/mol. The van der Waals surface area contributed by atoms with E-state index in [1.807, 2.05) is 13.8 Å². The van der Waals surface area contributed by atoms with Crippen LogP contribution in [0.25, 0.3) is 0 Å². The van der Waals surface area contributed by atoms with Crippen LogP contribution in [-0.4, -0.2) is 36.4 Å². The molecule has 1 rings (SSSR count). The van der Waals surface area contributed by atoms with Crippen LogP contribution in [-0.2, 0) is 4.74 Å². The Morgan fingerprint density at radius 3 is 2.59 bits per heavy atom. The molecule has 6 heteroatoms. The lowest BCUT2D eigenvalue weighted by Crippen LogP contribution is -2.18. The third-order valence-corrected chi connectivity index (χ3v) is 2.42. The van der Waals surface area contributed by atoms with Gasteiger partial charge in [-0.2, -0.15) is 5.10 Å². The summed E-state index contributed by atoms with van der Waals surface area (Å²) in [7, 11) is 1.64. The Bertz CT molecular complexity index is 407. The molecule has 17 heavy (non-hydrogen) atoms. The molecule has 0 spiro atoms. The number of amidine groups is 1. The molecule has 0 fully saturated rings. The third-order valence-electron chi connectivity index (χ3n) is 2.42. The highest BCUT2D eigenvalue weighted by Gasteiger charge is 2.14. The lowest BCUT2D eigenvalue weighted by atomic mass is 10.1. The van der Waals surface area contributed by atoms with Gasteiger partial charge in [0, 0.05) is 20.1 Å². The van der Waals surface area contributed by atoms with Crippen LogP contribution in [0.4, 0.5) is 0 Å². The van der Waals surface area contributed by atoms with Crippen molar-refractivity contribution in [3.63, 3.8) is 0 Å². The Kier molecular flexibility index (Phi) is 4.84. The van der Waals surface area contributed by atoms with Crippen molar-refractivity contribution in [3.05, 3.63) is 16.8 Å². The highest BCUT2D eigenvalue weighted by Crippen LogP contribution is 2.19. The minimum atomic E-state index is -0.0535.